The van der Waals surface area contributed by atoms with Crippen LogP contribution in [-0.4, -0.2) is 54.5 Å². The van der Waals surface area contributed by atoms with Gasteiger partial charge in [0, 0.05) is 30.7 Å². The van der Waals surface area contributed by atoms with E-state index in [1.165, 1.54) is 0 Å². The average Bonchev–Trinajstić information content (AvgIpc) is 3.40. The number of carbonyl (C=O) groups is 3. The number of piperidine rings is 1. The fourth-order valence-corrected chi connectivity index (χ4v) is 3.14. The zero-order valence-corrected chi connectivity index (χ0v) is 15.1. The summed E-state index contributed by atoms with van der Waals surface area (Å²) in [5.74, 6) is -0.332. The molecule has 1 aliphatic heterocycles. The van der Waals surface area contributed by atoms with Crippen molar-refractivity contribution in [3.05, 3.63) is 35.4 Å². The number of aryl methyl sites for hydroxylation is 1. The van der Waals surface area contributed by atoms with E-state index in [9.17, 15) is 14.4 Å². The van der Waals surface area contributed by atoms with Crippen molar-refractivity contribution in [2.24, 2.45) is 0 Å². The fourth-order valence-electron chi connectivity index (χ4n) is 3.14. The number of benzene rings is 1. The molecule has 1 heterocycles. The highest BCUT2D eigenvalue weighted by Gasteiger charge is 2.26. The largest absolute Gasteiger partial charge is 0.349 e. The van der Waals surface area contributed by atoms with Crippen LogP contribution in [0.15, 0.2) is 24.3 Å². The van der Waals surface area contributed by atoms with E-state index in [4.69, 9.17) is 0 Å². The lowest BCUT2D eigenvalue weighted by Gasteiger charge is -2.31. The first kappa shape index (κ1) is 18.4. The maximum absolute atomic E-state index is 12.4. The molecule has 3 rings (SSSR count). The topological polar surface area (TPSA) is 90.5 Å². The fraction of sp³-hybridized carbons (Fsp3) is 0.526. The van der Waals surface area contributed by atoms with Gasteiger partial charge in [-0.3, -0.25) is 19.8 Å². The summed E-state index contributed by atoms with van der Waals surface area (Å²) in [7, 11) is 0. The molecule has 0 aromatic heterocycles. The van der Waals surface area contributed by atoms with Gasteiger partial charge in [-0.15, -0.1) is 0 Å². The van der Waals surface area contributed by atoms with Gasteiger partial charge >= 0.3 is 6.03 Å². The first-order valence-electron chi connectivity index (χ1n) is 9.20. The van der Waals surface area contributed by atoms with Gasteiger partial charge in [-0.05, 0) is 44.2 Å². The number of rotatable bonds is 5. The van der Waals surface area contributed by atoms with Crippen LogP contribution < -0.4 is 16.0 Å². The van der Waals surface area contributed by atoms with E-state index in [0.29, 0.717) is 5.56 Å². The number of nitrogens with one attached hydrogen (secondary N) is 3. The molecule has 3 N–H and O–H groups in total. The Balaban J connectivity index is 1.38. The van der Waals surface area contributed by atoms with Gasteiger partial charge in [-0.2, -0.15) is 0 Å². The lowest BCUT2D eigenvalue weighted by Crippen LogP contribution is -2.49. The van der Waals surface area contributed by atoms with E-state index in [-0.39, 0.29) is 30.4 Å². The predicted octanol–water partition coefficient (Wildman–Crippen LogP) is 1.18. The molecule has 2 aliphatic rings. The maximum Gasteiger partial charge on any atom is 0.321 e. The summed E-state index contributed by atoms with van der Waals surface area (Å²) in [6.07, 6.45) is 3.56. The van der Waals surface area contributed by atoms with E-state index in [1.807, 2.05) is 36.1 Å². The van der Waals surface area contributed by atoms with Gasteiger partial charge in [0.2, 0.25) is 5.91 Å². The minimum absolute atomic E-state index is 0.0453. The number of hydrogen-bond donors (Lipinski definition) is 3. The van der Waals surface area contributed by atoms with Crippen LogP contribution in [0.1, 0.15) is 41.6 Å². The molecule has 1 aliphatic carbocycles. The van der Waals surface area contributed by atoms with Crippen molar-refractivity contribution in [3.8, 4) is 0 Å². The second kappa shape index (κ2) is 8.31. The Morgan fingerprint density at radius 2 is 1.65 bits per heavy atom. The molecule has 2 fully saturated rings. The molecule has 1 aromatic rings. The summed E-state index contributed by atoms with van der Waals surface area (Å²) in [6, 6.07) is 7.47. The van der Waals surface area contributed by atoms with Gasteiger partial charge in [-0.1, -0.05) is 18.2 Å². The Morgan fingerprint density at radius 1 is 1.00 bits per heavy atom. The number of likely N-dealkylation sites (tertiary alicyclic amines) is 1. The monoisotopic (exact) mass is 358 g/mol. The van der Waals surface area contributed by atoms with Crippen LogP contribution >= 0.6 is 0 Å². The number of imide groups is 1. The minimum Gasteiger partial charge on any atom is -0.349 e. The molecule has 1 saturated heterocycles. The normalized spacial score (nSPS) is 18.2. The zero-order valence-electron chi connectivity index (χ0n) is 15.1. The highest BCUT2D eigenvalue weighted by Crippen LogP contribution is 2.18. The molecular weight excluding hydrogens is 332 g/mol. The maximum atomic E-state index is 12.4. The van der Waals surface area contributed by atoms with Crippen molar-refractivity contribution in [1.82, 2.24) is 20.9 Å². The summed E-state index contributed by atoms with van der Waals surface area (Å²) in [5, 5.41) is 8.18. The van der Waals surface area contributed by atoms with E-state index < -0.39 is 6.03 Å². The van der Waals surface area contributed by atoms with E-state index >= 15 is 0 Å². The van der Waals surface area contributed by atoms with Crippen LogP contribution in [0.2, 0.25) is 0 Å². The number of amides is 4. The molecule has 0 atom stereocenters. The van der Waals surface area contributed by atoms with E-state index in [1.54, 1.807) is 0 Å². The molecule has 0 bridgehead atoms. The number of hydrogen-bond acceptors (Lipinski definition) is 4. The summed E-state index contributed by atoms with van der Waals surface area (Å²) >= 11 is 0. The van der Waals surface area contributed by atoms with Gasteiger partial charge in [-0.25, -0.2) is 4.79 Å². The Hall–Kier alpha value is -2.41. The quantitative estimate of drug-likeness (QED) is 0.737. The van der Waals surface area contributed by atoms with Gasteiger partial charge < -0.3 is 10.6 Å². The smallest absolute Gasteiger partial charge is 0.321 e. The van der Waals surface area contributed by atoms with Crippen LogP contribution in [-0.2, 0) is 4.79 Å². The zero-order chi connectivity index (χ0) is 18.5. The van der Waals surface area contributed by atoms with Crippen molar-refractivity contribution in [2.45, 2.75) is 44.7 Å². The third-order valence-electron chi connectivity index (χ3n) is 4.85. The van der Waals surface area contributed by atoms with Crippen LogP contribution in [0.25, 0.3) is 0 Å². The Kier molecular flexibility index (Phi) is 5.88. The summed E-state index contributed by atoms with van der Waals surface area (Å²) in [4.78, 5) is 37.9. The molecule has 140 valence electrons. The second-order valence-electron chi connectivity index (χ2n) is 7.13. The Morgan fingerprint density at radius 3 is 2.31 bits per heavy atom. The van der Waals surface area contributed by atoms with Gasteiger partial charge in [0.05, 0.1) is 6.54 Å². The molecular formula is C19H26N4O3. The highest BCUT2D eigenvalue weighted by atomic mass is 16.2. The third kappa shape index (κ3) is 5.29. The first-order chi connectivity index (χ1) is 12.5. The van der Waals surface area contributed by atoms with E-state index in [2.05, 4.69) is 16.0 Å². The summed E-state index contributed by atoms with van der Waals surface area (Å²) in [5.41, 5.74) is 1.67. The van der Waals surface area contributed by atoms with Crippen molar-refractivity contribution in [3.63, 3.8) is 0 Å². The van der Waals surface area contributed by atoms with Crippen LogP contribution in [0, 0.1) is 6.92 Å². The minimum atomic E-state index is -0.405. The van der Waals surface area contributed by atoms with Gasteiger partial charge in [0.1, 0.15) is 0 Å². The van der Waals surface area contributed by atoms with Crippen LogP contribution in [0.4, 0.5) is 4.79 Å². The SMILES string of the molecule is Cc1ccccc1C(=O)NC1CCN(CC(=O)NC(=O)NC2CC2)CC1. The average molecular weight is 358 g/mol. The van der Waals surface area contributed by atoms with Crippen molar-refractivity contribution in [1.29, 1.82) is 0 Å². The van der Waals surface area contributed by atoms with Gasteiger partial charge in [0.15, 0.2) is 0 Å². The van der Waals surface area contributed by atoms with Crippen LogP contribution in [0.3, 0.4) is 0 Å². The van der Waals surface area contributed by atoms with Crippen LogP contribution in [0.5, 0.6) is 0 Å². The molecule has 0 radical (unpaired) electrons. The molecule has 0 unspecified atom stereocenters. The Bertz CT molecular complexity index is 679. The first-order valence-corrected chi connectivity index (χ1v) is 9.20. The Labute approximate surface area is 153 Å². The van der Waals surface area contributed by atoms with Crippen molar-refractivity contribution in [2.75, 3.05) is 19.6 Å². The molecule has 26 heavy (non-hydrogen) atoms. The standard InChI is InChI=1S/C19H26N4O3/c1-13-4-2-3-5-16(13)18(25)20-15-8-10-23(11-9-15)12-17(24)22-19(26)21-14-6-7-14/h2-5,14-15H,6-12H2,1H3,(H,20,25)(H2,21,22,24,26). The third-order valence-corrected chi connectivity index (χ3v) is 4.85. The van der Waals surface area contributed by atoms with Crippen molar-refractivity contribution < 1.29 is 14.4 Å². The molecule has 4 amide bonds. The number of carbonyl (C=O) groups excluding carboxylic acids is 3. The molecule has 7 nitrogen and oxygen atoms in total. The predicted molar refractivity (Wildman–Crippen MR) is 97.8 cm³/mol. The van der Waals surface area contributed by atoms with Crippen molar-refractivity contribution >= 4 is 17.8 Å². The van der Waals surface area contributed by atoms with E-state index in [0.717, 1.165) is 44.3 Å². The lowest BCUT2D eigenvalue weighted by molar-refractivity contribution is -0.121. The lowest BCUT2D eigenvalue weighted by atomic mass is 10.0. The highest BCUT2D eigenvalue weighted by molar-refractivity contribution is 5.96. The van der Waals surface area contributed by atoms with Gasteiger partial charge in [0.25, 0.3) is 5.91 Å². The molecule has 1 aromatic carbocycles. The second-order valence-corrected chi connectivity index (χ2v) is 7.13. The molecule has 7 heteroatoms. The molecule has 1 saturated carbocycles. The summed E-state index contributed by atoms with van der Waals surface area (Å²) < 4.78 is 0. The molecule has 0 spiro atoms. The number of nitrogens with zero attached hydrogens (tertiary/aromatic N) is 1. The number of urea groups is 1. The summed E-state index contributed by atoms with van der Waals surface area (Å²) in [6.45, 7) is 3.57.